The minimum Gasteiger partial charge on any atom is -0.404 e. The molecule has 0 saturated heterocycles. The van der Waals surface area contributed by atoms with E-state index < -0.39 is 0 Å². The van der Waals surface area contributed by atoms with Crippen molar-refractivity contribution in [2.24, 2.45) is 5.73 Å². The van der Waals surface area contributed by atoms with Gasteiger partial charge in [0.15, 0.2) is 0 Å². The molecule has 0 spiro atoms. The fourth-order valence-electron chi connectivity index (χ4n) is 5.14. The standard InChI is InChI=1S/C36H33N/c1-7-24(6)34(23-37)26-19-21-27(22-20-26)35-29(10-4)30(11-5)36(33-17-13-12-16-32(33)35)31-18-14-15-25(8-2)28(31)9-3/h7-23H,2-5,37H2,1,6H3/b24-7-,34-23+. The molecule has 0 bridgehead atoms. The summed E-state index contributed by atoms with van der Waals surface area (Å²) in [4.78, 5) is 0. The van der Waals surface area contributed by atoms with Crippen molar-refractivity contribution in [3.8, 4) is 22.3 Å². The zero-order valence-corrected chi connectivity index (χ0v) is 21.7. The molecular weight excluding hydrogens is 446 g/mol. The van der Waals surface area contributed by atoms with Crippen LogP contribution in [0.3, 0.4) is 0 Å². The van der Waals surface area contributed by atoms with Gasteiger partial charge in [0.1, 0.15) is 0 Å². The maximum atomic E-state index is 5.96. The molecule has 1 nitrogen and oxygen atoms in total. The number of hydrogen-bond acceptors (Lipinski definition) is 1. The highest BCUT2D eigenvalue weighted by Gasteiger charge is 2.20. The third kappa shape index (κ3) is 4.41. The molecule has 0 amide bonds. The van der Waals surface area contributed by atoms with Crippen LogP contribution in [0.15, 0.2) is 111 Å². The van der Waals surface area contributed by atoms with Crippen LogP contribution in [0.25, 0.3) is 62.9 Å². The SMILES string of the molecule is C=Cc1cccc(-c2c(C=C)c(C=C)c(-c3ccc(C(=C/N)/C(C)=C\C)cc3)c3ccccc23)c1C=C. The van der Waals surface area contributed by atoms with E-state index in [9.17, 15) is 0 Å². The van der Waals surface area contributed by atoms with Crippen molar-refractivity contribution < 1.29 is 0 Å². The van der Waals surface area contributed by atoms with Crippen LogP contribution in [0, 0.1) is 0 Å². The van der Waals surface area contributed by atoms with Crippen LogP contribution < -0.4 is 5.73 Å². The van der Waals surface area contributed by atoms with Crippen molar-refractivity contribution in [3.63, 3.8) is 0 Å². The van der Waals surface area contributed by atoms with Gasteiger partial charge in [0.25, 0.3) is 0 Å². The van der Waals surface area contributed by atoms with Crippen LogP contribution in [0.5, 0.6) is 0 Å². The number of rotatable bonds is 8. The molecule has 0 aromatic heterocycles. The van der Waals surface area contributed by atoms with Crippen LogP contribution in [-0.2, 0) is 0 Å². The van der Waals surface area contributed by atoms with E-state index >= 15 is 0 Å². The Bertz CT molecular complexity index is 1590. The van der Waals surface area contributed by atoms with E-state index in [0.29, 0.717) is 0 Å². The Morgan fingerprint density at radius 3 is 1.81 bits per heavy atom. The minimum absolute atomic E-state index is 1.03. The Balaban J connectivity index is 2.08. The highest BCUT2D eigenvalue weighted by molar-refractivity contribution is 6.12. The molecule has 1 heteroatoms. The van der Waals surface area contributed by atoms with Crippen LogP contribution >= 0.6 is 0 Å². The van der Waals surface area contributed by atoms with Gasteiger partial charge in [-0.05, 0) is 85.8 Å². The third-order valence-corrected chi connectivity index (χ3v) is 7.05. The van der Waals surface area contributed by atoms with E-state index in [1.165, 1.54) is 0 Å². The fourth-order valence-corrected chi connectivity index (χ4v) is 5.14. The molecule has 0 radical (unpaired) electrons. The van der Waals surface area contributed by atoms with Gasteiger partial charge in [-0.25, -0.2) is 0 Å². The minimum atomic E-state index is 1.03. The van der Waals surface area contributed by atoms with Gasteiger partial charge in [0.2, 0.25) is 0 Å². The molecule has 0 heterocycles. The summed E-state index contributed by atoms with van der Waals surface area (Å²) in [6.07, 6.45) is 11.4. The maximum absolute atomic E-state index is 5.96. The molecule has 4 aromatic carbocycles. The van der Waals surface area contributed by atoms with Gasteiger partial charge < -0.3 is 5.73 Å². The van der Waals surface area contributed by atoms with E-state index in [-0.39, 0.29) is 0 Å². The maximum Gasteiger partial charge on any atom is 0.00201 e. The van der Waals surface area contributed by atoms with Crippen molar-refractivity contribution in [1.82, 2.24) is 0 Å². The molecule has 37 heavy (non-hydrogen) atoms. The number of allylic oxidation sites excluding steroid dienone is 3. The van der Waals surface area contributed by atoms with Crippen molar-refractivity contribution in [2.45, 2.75) is 13.8 Å². The Kier molecular flexibility index (Phi) is 7.55. The Morgan fingerprint density at radius 1 is 0.676 bits per heavy atom. The number of fused-ring (bicyclic) bond motifs is 1. The Hall–Kier alpha value is -4.62. The first-order valence-electron chi connectivity index (χ1n) is 12.4. The summed E-state index contributed by atoms with van der Waals surface area (Å²) in [5, 5.41) is 2.31. The highest BCUT2D eigenvalue weighted by atomic mass is 14.5. The summed E-state index contributed by atoms with van der Waals surface area (Å²) in [6.45, 7) is 20.7. The molecule has 4 aromatic rings. The lowest BCUT2D eigenvalue weighted by Gasteiger charge is -2.22. The summed E-state index contributed by atoms with van der Waals surface area (Å²) < 4.78 is 0. The highest BCUT2D eigenvalue weighted by Crippen LogP contribution is 2.44. The molecule has 0 aliphatic rings. The molecule has 0 unspecified atom stereocenters. The van der Waals surface area contributed by atoms with E-state index in [0.717, 1.165) is 72.0 Å². The van der Waals surface area contributed by atoms with Gasteiger partial charge in [0, 0.05) is 6.20 Å². The quantitative estimate of drug-likeness (QED) is 0.250. The molecule has 0 fully saturated rings. The first-order valence-corrected chi connectivity index (χ1v) is 12.4. The van der Waals surface area contributed by atoms with E-state index in [1.54, 1.807) is 6.20 Å². The average molecular weight is 480 g/mol. The second-order valence-corrected chi connectivity index (χ2v) is 8.88. The van der Waals surface area contributed by atoms with Crippen molar-refractivity contribution in [1.29, 1.82) is 0 Å². The first-order chi connectivity index (χ1) is 18.0. The molecule has 4 rings (SSSR count). The number of hydrogen-bond donors (Lipinski definition) is 1. The summed E-state index contributed by atoms with van der Waals surface area (Å²) in [7, 11) is 0. The molecule has 0 aliphatic carbocycles. The van der Waals surface area contributed by atoms with E-state index in [2.05, 4.69) is 106 Å². The van der Waals surface area contributed by atoms with Crippen LogP contribution in [0.1, 0.15) is 41.7 Å². The summed E-state index contributed by atoms with van der Waals surface area (Å²) in [5.74, 6) is 0. The smallest absolute Gasteiger partial charge is 0.00201 e. The van der Waals surface area contributed by atoms with Gasteiger partial charge >= 0.3 is 0 Å². The second-order valence-electron chi connectivity index (χ2n) is 8.88. The number of benzene rings is 4. The van der Waals surface area contributed by atoms with Gasteiger partial charge in [0.05, 0.1) is 0 Å². The molecule has 0 saturated carbocycles. The largest absolute Gasteiger partial charge is 0.404 e. The van der Waals surface area contributed by atoms with Crippen molar-refractivity contribution >= 4 is 40.6 Å². The molecular formula is C36H33N. The van der Waals surface area contributed by atoms with Crippen molar-refractivity contribution in [3.05, 3.63) is 139 Å². The fraction of sp³-hybridized carbons (Fsp3) is 0.0556. The predicted octanol–water partition coefficient (Wildman–Crippen LogP) is 10.0. The predicted molar refractivity (Wildman–Crippen MR) is 167 cm³/mol. The first kappa shape index (κ1) is 25.5. The summed E-state index contributed by atoms with van der Waals surface area (Å²) in [6, 6.07) is 23.4. The third-order valence-electron chi connectivity index (χ3n) is 7.05. The lowest BCUT2D eigenvalue weighted by atomic mass is 9.81. The zero-order chi connectivity index (χ0) is 26.5. The molecule has 0 aliphatic heterocycles. The number of nitrogens with two attached hydrogens (primary N) is 1. The van der Waals surface area contributed by atoms with Gasteiger partial charge in [-0.1, -0.05) is 123 Å². The van der Waals surface area contributed by atoms with Gasteiger partial charge in [-0.2, -0.15) is 0 Å². The summed E-state index contributed by atoms with van der Waals surface area (Å²) in [5.41, 5.74) is 17.9. The second kappa shape index (κ2) is 11.0. The average Bonchev–Trinajstić information content (AvgIpc) is 2.95. The van der Waals surface area contributed by atoms with Gasteiger partial charge in [-0.15, -0.1) is 0 Å². The Labute approximate surface area is 221 Å². The topological polar surface area (TPSA) is 26.0 Å². The van der Waals surface area contributed by atoms with E-state index in [1.807, 2.05) is 31.2 Å². The summed E-state index contributed by atoms with van der Waals surface area (Å²) >= 11 is 0. The normalized spacial score (nSPS) is 11.8. The lowest BCUT2D eigenvalue weighted by Crippen LogP contribution is -1.98. The van der Waals surface area contributed by atoms with Crippen LogP contribution in [0.4, 0.5) is 0 Å². The lowest BCUT2D eigenvalue weighted by molar-refractivity contribution is 1.43. The molecule has 0 atom stereocenters. The van der Waals surface area contributed by atoms with Gasteiger partial charge in [-0.3, -0.25) is 0 Å². The Morgan fingerprint density at radius 2 is 1.27 bits per heavy atom. The van der Waals surface area contributed by atoms with E-state index in [4.69, 9.17) is 5.73 Å². The van der Waals surface area contributed by atoms with Crippen LogP contribution in [-0.4, -0.2) is 0 Å². The van der Waals surface area contributed by atoms with Crippen LogP contribution in [0.2, 0.25) is 0 Å². The van der Waals surface area contributed by atoms with Crippen molar-refractivity contribution in [2.75, 3.05) is 0 Å². The molecule has 182 valence electrons. The molecule has 2 N–H and O–H groups in total. The zero-order valence-electron chi connectivity index (χ0n) is 21.7. The monoisotopic (exact) mass is 479 g/mol.